The molecule has 0 aliphatic rings. The van der Waals surface area contributed by atoms with E-state index in [1.165, 1.54) is 11.6 Å². The van der Waals surface area contributed by atoms with E-state index < -0.39 is 11.2 Å². The largest absolute Gasteiger partial charge is 0.507 e. The first-order valence-corrected chi connectivity index (χ1v) is 11.3. The molecule has 0 atom stereocenters. The van der Waals surface area contributed by atoms with E-state index in [1.807, 2.05) is 46.8 Å². The Morgan fingerprint density at radius 2 is 1.47 bits per heavy atom. The minimum Gasteiger partial charge on any atom is -0.507 e. The first kappa shape index (κ1) is 25.0. The predicted octanol–water partition coefficient (Wildman–Crippen LogP) is 6.51. The van der Waals surface area contributed by atoms with Crippen LogP contribution in [-0.4, -0.2) is 20.4 Å². The highest BCUT2D eigenvalue weighted by molar-refractivity contribution is 5.97. The van der Waals surface area contributed by atoms with Gasteiger partial charge >= 0.3 is 0 Å². The molecule has 34 heavy (non-hydrogen) atoms. The number of phenols is 4. The second-order valence-corrected chi connectivity index (χ2v) is 9.19. The molecule has 4 N–H and O–H groups in total. The predicted molar refractivity (Wildman–Crippen MR) is 136 cm³/mol. The molecule has 180 valence electrons. The molecule has 0 unspecified atom stereocenters. The molecule has 0 radical (unpaired) electrons. The third-order valence-electron chi connectivity index (χ3n) is 5.82. The van der Waals surface area contributed by atoms with Crippen molar-refractivity contribution >= 4 is 21.9 Å². The van der Waals surface area contributed by atoms with Gasteiger partial charge in [-0.1, -0.05) is 34.9 Å². The molecule has 0 saturated carbocycles. The van der Waals surface area contributed by atoms with Gasteiger partial charge in [0.15, 0.2) is 11.5 Å². The van der Waals surface area contributed by atoms with Gasteiger partial charge in [0, 0.05) is 17.2 Å². The summed E-state index contributed by atoms with van der Waals surface area (Å²) >= 11 is 0. The van der Waals surface area contributed by atoms with Crippen LogP contribution in [0, 0.1) is 0 Å². The fourth-order valence-corrected chi connectivity index (χ4v) is 3.86. The maximum atomic E-state index is 13.3. The standard InChI is InChI=1S/C28H32O6/c1-15(2)7-6-8-17(5)10-12-18-21(29)14-23-24(26(18)32)27(33)20-13-22(30)25(31)19(28(20)34-23)11-9-16(3)4/h7,9-10,13-14,29-32H,6,8,11-12H2,1-5H3. The van der Waals surface area contributed by atoms with E-state index in [-0.39, 0.29) is 63.2 Å². The van der Waals surface area contributed by atoms with Crippen LogP contribution in [-0.2, 0) is 12.8 Å². The number of phenolic OH excluding ortho intramolecular Hbond substituents is 4. The zero-order valence-corrected chi connectivity index (χ0v) is 20.3. The maximum absolute atomic E-state index is 13.3. The number of hydrogen-bond acceptors (Lipinski definition) is 6. The highest BCUT2D eigenvalue weighted by Crippen LogP contribution is 2.40. The summed E-state index contributed by atoms with van der Waals surface area (Å²) in [6.45, 7) is 9.86. The average Bonchev–Trinajstić information content (AvgIpc) is 2.74. The molecular formula is C28H32O6. The fraction of sp³-hybridized carbons (Fsp3) is 0.321. The minimum absolute atomic E-state index is 0.00375. The van der Waals surface area contributed by atoms with Crippen LogP contribution < -0.4 is 5.43 Å². The van der Waals surface area contributed by atoms with Crippen molar-refractivity contribution in [3.8, 4) is 23.0 Å². The normalized spacial score (nSPS) is 11.7. The van der Waals surface area contributed by atoms with Gasteiger partial charge in [-0.15, -0.1) is 0 Å². The van der Waals surface area contributed by atoms with Gasteiger partial charge in [-0.05, 0) is 66.4 Å². The Morgan fingerprint density at radius 3 is 2.12 bits per heavy atom. The summed E-state index contributed by atoms with van der Waals surface area (Å²) in [5.41, 5.74) is 3.39. The van der Waals surface area contributed by atoms with Crippen molar-refractivity contribution < 1.29 is 24.8 Å². The van der Waals surface area contributed by atoms with E-state index in [0.29, 0.717) is 0 Å². The number of aromatic hydroxyl groups is 4. The number of fused-ring (bicyclic) bond motifs is 2. The average molecular weight is 465 g/mol. The van der Waals surface area contributed by atoms with Gasteiger partial charge in [0.05, 0.1) is 5.39 Å². The highest BCUT2D eigenvalue weighted by atomic mass is 16.3. The lowest BCUT2D eigenvalue weighted by Gasteiger charge is -2.12. The molecule has 0 amide bonds. The van der Waals surface area contributed by atoms with E-state index in [1.54, 1.807) is 0 Å². The number of rotatable bonds is 7. The summed E-state index contributed by atoms with van der Waals surface area (Å²) in [6.07, 6.45) is 8.15. The summed E-state index contributed by atoms with van der Waals surface area (Å²) in [5, 5.41) is 42.1. The number of benzene rings is 2. The third kappa shape index (κ3) is 5.11. The summed E-state index contributed by atoms with van der Waals surface area (Å²) in [7, 11) is 0. The lowest BCUT2D eigenvalue weighted by Crippen LogP contribution is -2.05. The summed E-state index contributed by atoms with van der Waals surface area (Å²) in [4.78, 5) is 13.3. The Labute approximate surface area is 198 Å². The Hall–Kier alpha value is -3.67. The second-order valence-electron chi connectivity index (χ2n) is 9.19. The zero-order valence-electron chi connectivity index (χ0n) is 20.3. The summed E-state index contributed by atoms with van der Waals surface area (Å²) in [5.74, 6) is -1.34. The SMILES string of the molecule is CC(C)=CCCC(C)=CCc1c(O)cc2oc3c(CC=C(C)C)c(O)c(O)cc3c(=O)c2c1O. The van der Waals surface area contributed by atoms with Gasteiger partial charge in [-0.25, -0.2) is 0 Å². The molecule has 6 nitrogen and oxygen atoms in total. The molecule has 0 bridgehead atoms. The van der Waals surface area contributed by atoms with E-state index in [9.17, 15) is 25.2 Å². The van der Waals surface area contributed by atoms with Crippen LogP contribution in [0.25, 0.3) is 21.9 Å². The van der Waals surface area contributed by atoms with Crippen LogP contribution in [0.4, 0.5) is 0 Å². The smallest absolute Gasteiger partial charge is 0.204 e. The molecule has 3 rings (SSSR count). The Kier molecular flexibility index (Phi) is 7.40. The van der Waals surface area contributed by atoms with Crippen molar-refractivity contribution in [3.63, 3.8) is 0 Å². The number of hydrogen-bond donors (Lipinski definition) is 4. The highest BCUT2D eigenvalue weighted by Gasteiger charge is 2.22. The van der Waals surface area contributed by atoms with E-state index in [4.69, 9.17) is 4.42 Å². The van der Waals surface area contributed by atoms with E-state index in [2.05, 4.69) is 6.08 Å². The molecular weight excluding hydrogens is 432 g/mol. The molecule has 0 fully saturated rings. The quantitative estimate of drug-likeness (QED) is 0.180. The molecule has 1 heterocycles. The molecule has 0 aliphatic heterocycles. The van der Waals surface area contributed by atoms with Gasteiger partial charge in [0.25, 0.3) is 0 Å². The van der Waals surface area contributed by atoms with Crippen LogP contribution in [0.3, 0.4) is 0 Å². The topological polar surface area (TPSA) is 111 Å². The van der Waals surface area contributed by atoms with Gasteiger partial charge < -0.3 is 24.8 Å². The first-order chi connectivity index (χ1) is 16.0. The van der Waals surface area contributed by atoms with Crippen molar-refractivity contribution in [2.75, 3.05) is 0 Å². The molecule has 0 saturated heterocycles. The molecule has 6 heteroatoms. The maximum Gasteiger partial charge on any atom is 0.204 e. The van der Waals surface area contributed by atoms with Crippen molar-refractivity contribution in [2.45, 2.75) is 60.3 Å². The molecule has 3 aromatic rings. The van der Waals surface area contributed by atoms with E-state index >= 15 is 0 Å². The Morgan fingerprint density at radius 1 is 0.824 bits per heavy atom. The van der Waals surface area contributed by atoms with Gasteiger partial charge in [0.1, 0.15) is 28.1 Å². The fourth-order valence-electron chi connectivity index (χ4n) is 3.86. The minimum atomic E-state index is -0.548. The zero-order chi connectivity index (χ0) is 25.2. The molecule has 0 aliphatic carbocycles. The summed E-state index contributed by atoms with van der Waals surface area (Å²) < 4.78 is 5.90. The number of allylic oxidation sites excluding steroid dienone is 6. The monoisotopic (exact) mass is 464 g/mol. The lowest BCUT2D eigenvalue weighted by atomic mass is 9.99. The lowest BCUT2D eigenvalue weighted by molar-refractivity contribution is 0.400. The van der Waals surface area contributed by atoms with Gasteiger partial charge in [0.2, 0.25) is 5.43 Å². The Balaban J connectivity index is 2.15. The van der Waals surface area contributed by atoms with Gasteiger partial charge in [-0.3, -0.25) is 4.79 Å². The Bertz CT molecular complexity index is 1390. The second kappa shape index (κ2) is 10.1. The van der Waals surface area contributed by atoms with Crippen LogP contribution in [0.2, 0.25) is 0 Å². The van der Waals surface area contributed by atoms with Crippen LogP contribution in [0.15, 0.2) is 56.3 Å². The van der Waals surface area contributed by atoms with Crippen molar-refractivity contribution in [1.82, 2.24) is 0 Å². The van der Waals surface area contributed by atoms with Crippen LogP contribution in [0.1, 0.15) is 58.6 Å². The molecule has 2 aromatic carbocycles. The third-order valence-corrected chi connectivity index (χ3v) is 5.82. The van der Waals surface area contributed by atoms with Crippen molar-refractivity contribution in [1.29, 1.82) is 0 Å². The van der Waals surface area contributed by atoms with Crippen LogP contribution >= 0.6 is 0 Å². The first-order valence-electron chi connectivity index (χ1n) is 11.3. The van der Waals surface area contributed by atoms with E-state index in [0.717, 1.165) is 30.1 Å². The van der Waals surface area contributed by atoms with Crippen LogP contribution in [0.5, 0.6) is 23.0 Å². The molecule has 0 spiro atoms. The summed E-state index contributed by atoms with van der Waals surface area (Å²) in [6, 6.07) is 2.45. The van der Waals surface area contributed by atoms with Crippen molar-refractivity contribution in [3.05, 3.63) is 68.4 Å². The van der Waals surface area contributed by atoms with Crippen molar-refractivity contribution in [2.24, 2.45) is 0 Å². The molecule has 1 aromatic heterocycles. The van der Waals surface area contributed by atoms with Gasteiger partial charge in [-0.2, -0.15) is 0 Å².